The molecule has 2 aliphatic heterocycles. The van der Waals surface area contributed by atoms with Crippen LogP contribution in [0.2, 0.25) is 0 Å². The Hall–Kier alpha value is -4.34. The molecule has 1 fully saturated rings. The summed E-state index contributed by atoms with van der Waals surface area (Å²) in [6.45, 7) is 0. The Bertz CT molecular complexity index is 1320. The van der Waals surface area contributed by atoms with Crippen LogP contribution in [0.1, 0.15) is 11.7 Å². The summed E-state index contributed by atoms with van der Waals surface area (Å²) in [5.74, 6) is -0.207. The first-order valence-electron chi connectivity index (χ1n) is 12.2. The van der Waals surface area contributed by atoms with E-state index in [1.165, 1.54) is 26.2 Å². The molecule has 38 heavy (non-hydrogen) atoms. The summed E-state index contributed by atoms with van der Waals surface area (Å²) >= 11 is 0. The third-order valence-electron chi connectivity index (χ3n) is 6.86. The highest BCUT2D eigenvalue weighted by atomic mass is 16.5. The van der Waals surface area contributed by atoms with Crippen molar-refractivity contribution in [2.45, 2.75) is 18.2 Å². The maximum atomic E-state index is 13.8. The van der Waals surface area contributed by atoms with Crippen molar-refractivity contribution >= 4 is 23.2 Å². The second-order valence-corrected chi connectivity index (χ2v) is 8.98. The van der Waals surface area contributed by atoms with Gasteiger partial charge in [0.2, 0.25) is 11.7 Å². The SMILES string of the molecule is COc1cc(NN2C(C(O)c3ccccc3)C=CC3C(=O)N(c4ccccc4)C(=O)C32)cc(OC)c1OC. The molecule has 0 aliphatic carbocycles. The quantitative estimate of drug-likeness (QED) is 0.347. The Kier molecular flexibility index (Phi) is 7.04. The second-order valence-electron chi connectivity index (χ2n) is 8.98. The Balaban J connectivity index is 1.58. The number of fused-ring (bicyclic) bond motifs is 1. The zero-order valence-electron chi connectivity index (χ0n) is 21.3. The minimum atomic E-state index is -0.989. The fourth-order valence-corrected chi connectivity index (χ4v) is 5.04. The average molecular weight is 516 g/mol. The van der Waals surface area contributed by atoms with Gasteiger partial charge in [-0.3, -0.25) is 9.59 Å². The summed E-state index contributed by atoms with van der Waals surface area (Å²) in [5.41, 5.74) is 4.98. The largest absolute Gasteiger partial charge is 0.493 e. The molecule has 4 atom stereocenters. The van der Waals surface area contributed by atoms with Crippen LogP contribution >= 0.6 is 0 Å². The number of carbonyl (C=O) groups excluding carboxylic acids is 2. The van der Waals surface area contributed by atoms with E-state index in [1.54, 1.807) is 53.6 Å². The normalized spacial score (nSPS) is 21.7. The summed E-state index contributed by atoms with van der Waals surface area (Å²) in [6.07, 6.45) is 2.50. The Morgan fingerprint density at radius 1 is 0.816 bits per heavy atom. The van der Waals surface area contributed by atoms with Gasteiger partial charge in [0.15, 0.2) is 11.5 Å². The van der Waals surface area contributed by atoms with Crippen LogP contribution in [0.3, 0.4) is 0 Å². The van der Waals surface area contributed by atoms with Gasteiger partial charge in [0.25, 0.3) is 5.91 Å². The highest BCUT2D eigenvalue weighted by Crippen LogP contribution is 2.42. The van der Waals surface area contributed by atoms with Gasteiger partial charge < -0.3 is 24.7 Å². The molecular weight excluding hydrogens is 486 g/mol. The van der Waals surface area contributed by atoms with Gasteiger partial charge in [-0.2, -0.15) is 0 Å². The molecule has 3 aromatic rings. The molecule has 5 rings (SSSR count). The summed E-state index contributed by atoms with van der Waals surface area (Å²) in [5, 5.41) is 13.1. The molecule has 3 aromatic carbocycles. The number of methoxy groups -OCH3 is 3. The molecule has 2 aliphatic rings. The number of amides is 2. The lowest BCUT2D eigenvalue weighted by atomic mass is 9.90. The van der Waals surface area contributed by atoms with Crippen molar-refractivity contribution in [3.05, 3.63) is 90.5 Å². The van der Waals surface area contributed by atoms with Gasteiger partial charge in [0.05, 0.1) is 50.8 Å². The number of benzene rings is 3. The van der Waals surface area contributed by atoms with E-state index in [4.69, 9.17) is 14.2 Å². The van der Waals surface area contributed by atoms with E-state index in [1.807, 2.05) is 36.4 Å². The van der Waals surface area contributed by atoms with Crippen molar-refractivity contribution in [2.75, 3.05) is 31.7 Å². The van der Waals surface area contributed by atoms with Crippen molar-refractivity contribution in [1.29, 1.82) is 0 Å². The monoisotopic (exact) mass is 515 g/mol. The average Bonchev–Trinajstić information content (AvgIpc) is 3.22. The molecule has 2 heterocycles. The Morgan fingerprint density at radius 2 is 1.42 bits per heavy atom. The predicted molar refractivity (Wildman–Crippen MR) is 142 cm³/mol. The summed E-state index contributed by atoms with van der Waals surface area (Å²) in [6, 6.07) is 19.8. The number of hydrogen-bond donors (Lipinski definition) is 2. The van der Waals surface area contributed by atoms with Crippen molar-refractivity contribution in [3.8, 4) is 17.2 Å². The molecule has 9 nitrogen and oxygen atoms in total. The number of anilines is 2. The van der Waals surface area contributed by atoms with Crippen molar-refractivity contribution < 1.29 is 28.9 Å². The standard InChI is InChI=1S/C29H29N3O6/c1-36-23-16-19(17-24(37-2)27(23)38-3)30-32-22(26(33)18-10-6-4-7-11-18)15-14-21-25(32)29(35)31(28(21)34)20-12-8-5-9-13-20/h4-17,21-22,25-26,30,33H,1-3H3. The minimum absolute atomic E-state index is 0.327. The van der Waals surface area contributed by atoms with Crippen LogP contribution in [-0.2, 0) is 9.59 Å². The molecule has 0 aromatic heterocycles. The Morgan fingerprint density at radius 3 is 2.00 bits per heavy atom. The number of hydrazine groups is 1. The fraction of sp³-hybridized carbons (Fsp3) is 0.241. The first-order valence-corrected chi connectivity index (χ1v) is 12.2. The molecule has 0 spiro atoms. The molecule has 2 N–H and O–H groups in total. The van der Waals surface area contributed by atoms with Gasteiger partial charge >= 0.3 is 0 Å². The predicted octanol–water partition coefficient (Wildman–Crippen LogP) is 3.57. The van der Waals surface area contributed by atoms with E-state index in [2.05, 4.69) is 5.43 Å². The molecule has 1 saturated heterocycles. The molecule has 4 unspecified atom stereocenters. The number of aliphatic hydroxyl groups excluding tert-OH is 1. The van der Waals surface area contributed by atoms with Crippen LogP contribution in [0.15, 0.2) is 84.9 Å². The van der Waals surface area contributed by atoms with E-state index >= 15 is 0 Å². The molecule has 0 bridgehead atoms. The number of para-hydroxylation sites is 1. The zero-order chi connectivity index (χ0) is 26.8. The molecular formula is C29H29N3O6. The number of imide groups is 1. The van der Waals surface area contributed by atoms with Crippen LogP contribution in [0, 0.1) is 5.92 Å². The smallest absolute Gasteiger partial charge is 0.254 e. The zero-order valence-corrected chi connectivity index (χ0v) is 21.3. The lowest BCUT2D eigenvalue weighted by Crippen LogP contribution is -2.55. The number of nitrogens with zero attached hydrogens (tertiary/aromatic N) is 2. The number of rotatable bonds is 8. The summed E-state index contributed by atoms with van der Waals surface area (Å²) in [4.78, 5) is 28.5. The van der Waals surface area contributed by atoms with Gasteiger partial charge in [0, 0.05) is 12.1 Å². The van der Waals surface area contributed by atoms with Crippen molar-refractivity contribution in [3.63, 3.8) is 0 Å². The second kappa shape index (κ2) is 10.6. The molecule has 0 radical (unpaired) electrons. The summed E-state index contributed by atoms with van der Waals surface area (Å²) in [7, 11) is 4.54. The van der Waals surface area contributed by atoms with Crippen LogP contribution in [0.25, 0.3) is 0 Å². The summed E-state index contributed by atoms with van der Waals surface area (Å²) < 4.78 is 16.4. The third kappa shape index (κ3) is 4.36. The first-order chi connectivity index (χ1) is 18.5. The van der Waals surface area contributed by atoms with E-state index < -0.39 is 24.1 Å². The number of nitrogens with one attached hydrogen (secondary N) is 1. The van der Waals surface area contributed by atoms with Gasteiger partial charge in [0.1, 0.15) is 6.04 Å². The lowest BCUT2D eigenvalue weighted by Gasteiger charge is -2.40. The fourth-order valence-electron chi connectivity index (χ4n) is 5.04. The molecule has 2 amide bonds. The van der Waals surface area contributed by atoms with Crippen LogP contribution in [0.4, 0.5) is 11.4 Å². The van der Waals surface area contributed by atoms with Gasteiger partial charge in [-0.25, -0.2) is 9.91 Å². The highest BCUT2D eigenvalue weighted by molar-refractivity contribution is 6.24. The van der Waals surface area contributed by atoms with Crippen LogP contribution < -0.4 is 24.5 Å². The topological polar surface area (TPSA) is 101 Å². The first kappa shape index (κ1) is 25.3. The molecule has 0 saturated carbocycles. The van der Waals surface area contributed by atoms with Crippen LogP contribution in [0.5, 0.6) is 17.2 Å². The number of ether oxygens (including phenoxy) is 3. The van der Waals surface area contributed by atoms with Gasteiger partial charge in [-0.15, -0.1) is 0 Å². The Labute approximate surface area is 220 Å². The van der Waals surface area contributed by atoms with Crippen molar-refractivity contribution in [2.24, 2.45) is 5.92 Å². The molecule has 196 valence electrons. The van der Waals surface area contributed by atoms with E-state index in [9.17, 15) is 14.7 Å². The van der Waals surface area contributed by atoms with Crippen LogP contribution in [-0.4, -0.2) is 55.3 Å². The van der Waals surface area contributed by atoms with Gasteiger partial charge in [-0.05, 0) is 17.7 Å². The van der Waals surface area contributed by atoms with E-state index in [0.29, 0.717) is 34.2 Å². The minimum Gasteiger partial charge on any atom is -0.493 e. The van der Waals surface area contributed by atoms with Gasteiger partial charge in [-0.1, -0.05) is 60.7 Å². The van der Waals surface area contributed by atoms with Crippen molar-refractivity contribution in [1.82, 2.24) is 5.01 Å². The number of hydrogen-bond acceptors (Lipinski definition) is 8. The number of carbonyl (C=O) groups is 2. The maximum Gasteiger partial charge on any atom is 0.254 e. The van der Waals surface area contributed by atoms with E-state index in [-0.39, 0.29) is 11.8 Å². The lowest BCUT2D eigenvalue weighted by molar-refractivity contribution is -0.123. The molecule has 9 heteroatoms. The van der Waals surface area contributed by atoms with E-state index in [0.717, 1.165) is 0 Å². The third-order valence-corrected chi connectivity index (χ3v) is 6.86. The number of aliphatic hydroxyl groups is 1. The highest BCUT2D eigenvalue weighted by Gasteiger charge is 2.54. The maximum absolute atomic E-state index is 13.8.